The van der Waals surface area contributed by atoms with Gasteiger partial charge in [0.2, 0.25) is 0 Å². The summed E-state index contributed by atoms with van der Waals surface area (Å²) >= 11 is 3.67. The van der Waals surface area contributed by atoms with Crippen LogP contribution in [0.25, 0.3) is 10.8 Å². The third-order valence-corrected chi connectivity index (χ3v) is 8.12. The number of benzene rings is 3. The lowest BCUT2D eigenvalue weighted by Crippen LogP contribution is -2.43. The van der Waals surface area contributed by atoms with Crippen molar-refractivity contribution in [3.05, 3.63) is 98.9 Å². The topological polar surface area (TPSA) is 88.6 Å². The van der Waals surface area contributed by atoms with E-state index in [0.29, 0.717) is 55.3 Å². The fourth-order valence-electron chi connectivity index (χ4n) is 5.65. The number of fused-ring (bicyclic) bond motifs is 1. The fraction of sp³-hybridized carbons (Fsp3) is 0.312. The lowest BCUT2D eigenvalue weighted by Gasteiger charge is -2.43. The van der Waals surface area contributed by atoms with Crippen LogP contribution in [0, 0.1) is 16.7 Å². The van der Waals surface area contributed by atoms with Crippen molar-refractivity contribution in [2.24, 2.45) is 11.1 Å². The molecule has 0 radical (unpaired) electrons. The zero-order valence-corrected chi connectivity index (χ0v) is 24.0. The first kappa shape index (κ1) is 27.0. The Bertz CT molecular complexity index is 1550. The van der Waals surface area contributed by atoms with Crippen LogP contribution in [-0.2, 0) is 16.1 Å². The monoisotopic (exact) mass is 585 g/mol. The number of rotatable bonds is 7. The first-order valence-electron chi connectivity index (χ1n) is 13.0. The van der Waals surface area contributed by atoms with Gasteiger partial charge < -0.3 is 20.1 Å². The molecule has 1 aliphatic carbocycles. The molecule has 200 valence electrons. The lowest BCUT2D eigenvalue weighted by molar-refractivity contribution is -0.118. The van der Waals surface area contributed by atoms with E-state index in [-0.39, 0.29) is 11.2 Å². The van der Waals surface area contributed by atoms with Crippen molar-refractivity contribution in [1.82, 2.24) is 4.90 Å². The normalized spacial score (nSPS) is 18.8. The van der Waals surface area contributed by atoms with Crippen molar-refractivity contribution in [1.29, 1.82) is 5.26 Å². The van der Waals surface area contributed by atoms with Gasteiger partial charge in [0.05, 0.1) is 28.6 Å². The molecule has 2 N–H and O–H groups in total. The fourth-order valence-corrected chi connectivity index (χ4v) is 6.16. The van der Waals surface area contributed by atoms with Crippen molar-refractivity contribution >= 4 is 32.5 Å². The molecular formula is C32H32BrN3O3. The van der Waals surface area contributed by atoms with Crippen molar-refractivity contribution in [3.8, 4) is 11.8 Å². The molecule has 7 heteroatoms. The van der Waals surface area contributed by atoms with Crippen LogP contribution in [0.2, 0.25) is 0 Å². The van der Waals surface area contributed by atoms with Gasteiger partial charge in [-0.05, 0) is 67.9 Å². The molecule has 0 unspecified atom stereocenters. The molecule has 39 heavy (non-hydrogen) atoms. The number of allylic oxidation sites excluding steroid dienone is 3. The van der Waals surface area contributed by atoms with E-state index in [1.165, 1.54) is 10.8 Å². The number of ether oxygens (including phenoxy) is 2. The molecule has 1 heterocycles. The number of nitrogens with two attached hydrogens (primary N) is 1. The highest BCUT2D eigenvalue weighted by Gasteiger charge is 2.44. The average Bonchev–Trinajstić information content (AvgIpc) is 2.90. The van der Waals surface area contributed by atoms with Crippen LogP contribution < -0.4 is 10.5 Å². The Balaban J connectivity index is 1.47. The van der Waals surface area contributed by atoms with Gasteiger partial charge in [-0.1, -0.05) is 56.3 Å². The molecule has 3 aromatic rings. The number of hydrogen-bond donors (Lipinski definition) is 1. The molecular weight excluding hydrogens is 554 g/mol. The molecule has 0 spiro atoms. The van der Waals surface area contributed by atoms with E-state index >= 15 is 0 Å². The maximum atomic E-state index is 13.6. The maximum Gasteiger partial charge on any atom is 0.162 e. The molecule has 0 fully saturated rings. The predicted octanol–water partition coefficient (Wildman–Crippen LogP) is 6.56. The molecule has 0 aromatic heterocycles. The molecule has 0 amide bonds. The molecule has 2 aliphatic rings. The van der Waals surface area contributed by atoms with Crippen LogP contribution in [0.3, 0.4) is 0 Å². The summed E-state index contributed by atoms with van der Waals surface area (Å²) in [7, 11) is 1.63. The standard InChI is InChI=1S/C32H32BrN3O3/c1-32(2)16-26-30(27(37)17-32)29(24(18-34)31(35)36(26)12-13-38-3)23-10-11-28(25(33)15-23)39-19-20-8-9-21-6-4-5-7-22(21)14-20/h4-11,14-15,29H,12-13,16-17,19,35H2,1-3H3/t29-/m1/s1. The third kappa shape index (κ3) is 5.32. The predicted molar refractivity (Wildman–Crippen MR) is 156 cm³/mol. The van der Waals surface area contributed by atoms with Gasteiger partial charge in [-0.2, -0.15) is 5.26 Å². The van der Waals surface area contributed by atoms with Crippen LogP contribution in [-0.4, -0.2) is 30.9 Å². The van der Waals surface area contributed by atoms with E-state index in [1.54, 1.807) is 7.11 Å². The van der Waals surface area contributed by atoms with Crippen molar-refractivity contribution < 1.29 is 14.3 Å². The van der Waals surface area contributed by atoms with E-state index in [2.05, 4.69) is 66.2 Å². The van der Waals surface area contributed by atoms with Crippen LogP contribution in [0.1, 0.15) is 43.7 Å². The first-order valence-corrected chi connectivity index (χ1v) is 13.8. The van der Waals surface area contributed by atoms with E-state index in [4.69, 9.17) is 15.2 Å². The number of hydrogen-bond acceptors (Lipinski definition) is 6. The van der Waals surface area contributed by atoms with Gasteiger partial charge in [-0.25, -0.2) is 0 Å². The zero-order chi connectivity index (χ0) is 27.7. The van der Waals surface area contributed by atoms with Crippen molar-refractivity contribution in [2.75, 3.05) is 20.3 Å². The smallest absolute Gasteiger partial charge is 0.162 e. The Morgan fingerprint density at radius 2 is 1.87 bits per heavy atom. The average molecular weight is 587 g/mol. The molecule has 6 nitrogen and oxygen atoms in total. The van der Waals surface area contributed by atoms with Gasteiger partial charge in [0.15, 0.2) is 5.78 Å². The summed E-state index contributed by atoms with van der Waals surface area (Å²) in [6.07, 6.45) is 1.12. The van der Waals surface area contributed by atoms with Gasteiger partial charge >= 0.3 is 0 Å². The maximum absolute atomic E-state index is 13.6. The number of Topliss-reactive ketones (excluding diaryl/α,β-unsaturated/α-hetero) is 1. The van der Waals surface area contributed by atoms with Crippen LogP contribution in [0.5, 0.6) is 5.75 Å². The van der Waals surface area contributed by atoms with Crippen molar-refractivity contribution in [3.63, 3.8) is 0 Å². The van der Waals surface area contributed by atoms with Gasteiger partial charge in [-0.15, -0.1) is 0 Å². The van der Waals surface area contributed by atoms with Crippen LogP contribution >= 0.6 is 15.9 Å². The summed E-state index contributed by atoms with van der Waals surface area (Å²) < 4.78 is 12.2. The number of nitriles is 1. The summed E-state index contributed by atoms with van der Waals surface area (Å²) in [4.78, 5) is 15.5. The van der Waals surface area contributed by atoms with Gasteiger partial charge in [0.25, 0.3) is 0 Å². The number of carbonyl (C=O) groups excluding carboxylic acids is 1. The summed E-state index contributed by atoms with van der Waals surface area (Å²) in [5.74, 6) is 0.599. The van der Waals surface area contributed by atoms with E-state index in [0.717, 1.165) is 21.3 Å². The van der Waals surface area contributed by atoms with Gasteiger partial charge in [-0.3, -0.25) is 4.79 Å². The summed E-state index contributed by atoms with van der Waals surface area (Å²) in [6.45, 7) is 5.52. The van der Waals surface area contributed by atoms with Gasteiger partial charge in [0, 0.05) is 31.3 Å². The van der Waals surface area contributed by atoms with E-state index in [9.17, 15) is 10.1 Å². The molecule has 0 saturated heterocycles. The SMILES string of the molecule is COCCN1C(N)=C(C#N)[C@@H](c2ccc(OCc3ccc4ccccc4c3)c(Br)c2)C2=C1CC(C)(C)CC2=O. The zero-order valence-electron chi connectivity index (χ0n) is 22.5. The second kappa shape index (κ2) is 10.9. The number of ketones is 1. The number of carbonyl (C=O) groups is 1. The number of halogens is 1. The lowest BCUT2D eigenvalue weighted by atomic mass is 9.68. The number of nitrogens with zero attached hydrogens (tertiary/aromatic N) is 2. The minimum atomic E-state index is -0.529. The highest BCUT2D eigenvalue weighted by molar-refractivity contribution is 9.10. The number of methoxy groups -OCH3 is 1. The second-order valence-corrected chi connectivity index (χ2v) is 11.8. The molecule has 0 saturated carbocycles. The highest BCUT2D eigenvalue weighted by atomic mass is 79.9. The Morgan fingerprint density at radius 3 is 2.59 bits per heavy atom. The molecule has 0 bridgehead atoms. The van der Waals surface area contributed by atoms with Gasteiger partial charge in [0.1, 0.15) is 18.2 Å². The van der Waals surface area contributed by atoms with E-state index < -0.39 is 5.92 Å². The van der Waals surface area contributed by atoms with Crippen LogP contribution in [0.4, 0.5) is 0 Å². The Labute approximate surface area is 237 Å². The minimum Gasteiger partial charge on any atom is -0.488 e. The van der Waals surface area contributed by atoms with Crippen molar-refractivity contribution in [2.45, 2.75) is 39.2 Å². The third-order valence-electron chi connectivity index (χ3n) is 7.50. The second-order valence-electron chi connectivity index (χ2n) is 10.9. The summed E-state index contributed by atoms with van der Waals surface area (Å²) in [5.41, 5.74) is 10.2. The molecule has 1 aliphatic heterocycles. The highest BCUT2D eigenvalue weighted by Crippen LogP contribution is 2.49. The Kier molecular flexibility index (Phi) is 7.53. The van der Waals surface area contributed by atoms with Crippen LogP contribution in [0.15, 0.2) is 87.8 Å². The summed E-state index contributed by atoms with van der Waals surface area (Å²) in [5, 5.41) is 12.6. The molecule has 3 aromatic carbocycles. The minimum absolute atomic E-state index is 0.0571. The quantitative estimate of drug-likeness (QED) is 0.337. The summed E-state index contributed by atoms with van der Waals surface area (Å²) in [6, 6.07) is 22.6. The Morgan fingerprint density at radius 1 is 1.10 bits per heavy atom. The Hall–Kier alpha value is -3.60. The molecule has 1 atom stereocenters. The van der Waals surface area contributed by atoms with E-state index in [1.807, 2.05) is 35.2 Å². The molecule has 5 rings (SSSR count). The largest absolute Gasteiger partial charge is 0.488 e. The first-order chi connectivity index (χ1) is 18.7.